The van der Waals surface area contributed by atoms with Gasteiger partial charge in [-0.1, -0.05) is 11.6 Å². The predicted octanol–water partition coefficient (Wildman–Crippen LogP) is 4.81. The highest BCUT2D eigenvalue weighted by atomic mass is 35.5. The van der Waals surface area contributed by atoms with Crippen molar-refractivity contribution in [3.63, 3.8) is 0 Å². The summed E-state index contributed by atoms with van der Waals surface area (Å²) in [5, 5.41) is 1.48. The number of aromatic nitrogens is 1. The summed E-state index contributed by atoms with van der Waals surface area (Å²) in [5.74, 6) is 2.93. The Hall–Kier alpha value is -1.28. The van der Waals surface area contributed by atoms with E-state index in [1.807, 2.05) is 35.7 Å². The van der Waals surface area contributed by atoms with Gasteiger partial charge >= 0.3 is 0 Å². The Morgan fingerprint density at radius 2 is 2.17 bits per heavy atom. The summed E-state index contributed by atoms with van der Waals surface area (Å²) in [5.41, 5.74) is 0.776. The van der Waals surface area contributed by atoms with Crippen LogP contribution in [0.4, 0.5) is 0 Å². The van der Waals surface area contributed by atoms with Gasteiger partial charge in [-0.25, -0.2) is 4.98 Å². The predicted molar refractivity (Wildman–Crippen MR) is 118 cm³/mol. The fourth-order valence-corrected chi connectivity index (χ4v) is 5.98. The first-order valence-corrected chi connectivity index (χ1v) is 12.3. The third-order valence-electron chi connectivity index (χ3n) is 5.24. The van der Waals surface area contributed by atoms with Crippen LogP contribution in [0.2, 0.25) is 5.02 Å². The van der Waals surface area contributed by atoms with Crippen LogP contribution in [-0.2, 0) is 11.3 Å². The molecule has 1 aromatic carbocycles. The molecule has 2 aliphatic heterocycles. The van der Waals surface area contributed by atoms with Crippen LogP contribution in [0, 0.1) is 6.92 Å². The monoisotopic (exact) mass is 452 g/mol. The van der Waals surface area contributed by atoms with Crippen LogP contribution in [0.15, 0.2) is 24.3 Å². The third kappa shape index (κ3) is 5.26. The molecule has 2 aliphatic rings. The number of amides is 1. The van der Waals surface area contributed by atoms with Crippen molar-refractivity contribution in [2.24, 2.45) is 0 Å². The zero-order chi connectivity index (χ0) is 20.2. The molecule has 8 heteroatoms. The molecular formula is C21H25ClN2O3S2. The minimum absolute atomic E-state index is 0.0840. The number of hydrogen-bond acceptors (Lipinski definition) is 6. The normalized spacial score (nSPS) is 21.4. The zero-order valence-electron chi connectivity index (χ0n) is 16.4. The van der Waals surface area contributed by atoms with Crippen LogP contribution in [0.25, 0.3) is 0 Å². The Morgan fingerprint density at radius 3 is 2.86 bits per heavy atom. The summed E-state index contributed by atoms with van der Waals surface area (Å²) < 4.78 is 11.6. The van der Waals surface area contributed by atoms with Gasteiger partial charge in [0.2, 0.25) is 0 Å². The molecule has 0 bridgehead atoms. The maximum atomic E-state index is 13.4. The van der Waals surface area contributed by atoms with Crippen LogP contribution >= 0.6 is 34.7 Å². The van der Waals surface area contributed by atoms with Crippen LogP contribution in [0.3, 0.4) is 0 Å². The first kappa shape index (κ1) is 21.0. The molecular weight excluding hydrogens is 428 g/mol. The largest absolute Gasteiger partial charge is 0.486 e. The molecule has 2 aromatic rings. The number of nitrogens with zero attached hydrogens (tertiary/aromatic N) is 2. The van der Waals surface area contributed by atoms with E-state index in [0.29, 0.717) is 18.2 Å². The lowest BCUT2D eigenvalue weighted by atomic mass is 10.1. The van der Waals surface area contributed by atoms with Gasteiger partial charge in [0.15, 0.2) is 0 Å². The maximum absolute atomic E-state index is 13.4. The number of carbonyl (C=O) groups is 1. The second kappa shape index (κ2) is 9.69. The number of carbonyl (C=O) groups excluding carboxylic acids is 1. The van der Waals surface area contributed by atoms with Crippen molar-refractivity contribution >= 4 is 40.6 Å². The van der Waals surface area contributed by atoms with E-state index in [1.54, 1.807) is 12.1 Å². The SMILES string of the molecule is Cc1nc(COc2ccc(Cl)cc2)sc1C(=O)N(CC1CCCO1)C1CCSC1. The molecule has 29 heavy (non-hydrogen) atoms. The summed E-state index contributed by atoms with van der Waals surface area (Å²) >= 11 is 9.27. The summed E-state index contributed by atoms with van der Waals surface area (Å²) in [6.07, 6.45) is 3.32. The molecule has 5 nitrogen and oxygen atoms in total. The Labute approximate surface area is 184 Å². The number of hydrogen-bond donors (Lipinski definition) is 0. The van der Waals surface area contributed by atoms with Gasteiger partial charge in [-0.05, 0) is 56.2 Å². The number of rotatable bonds is 7. The first-order valence-electron chi connectivity index (χ1n) is 9.95. The van der Waals surface area contributed by atoms with Crippen molar-refractivity contribution < 1.29 is 14.3 Å². The quantitative estimate of drug-likeness (QED) is 0.603. The van der Waals surface area contributed by atoms with Gasteiger partial charge in [0.1, 0.15) is 22.2 Å². The Bertz CT molecular complexity index is 831. The van der Waals surface area contributed by atoms with Crippen molar-refractivity contribution in [2.45, 2.75) is 44.9 Å². The number of thioether (sulfide) groups is 1. The Kier molecular flexibility index (Phi) is 7.00. The second-order valence-corrected chi connectivity index (χ2v) is 10.0. The lowest BCUT2D eigenvalue weighted by molar-refractivity contribution is 0.0444. The van der Waals surface area contributed by atoms with Crippen molar-refractivity contribution in [2.75, 3.05) is 24.7 Å². The van der Waals surface area contributed by atoms with Crippen LogP contribution in [-0.4, -0.2) is 52.6 Å². The first-order chi connectivity index (χ1) is 14.1. The molecule has 1 aromatic heterocycles. The summed E-state index contributed by atoms with van der Waals surface area (Å²) in [7, 11) is 0. The van der Waals surface area contributed by atoms with E-state index >= 15 is 0 Å². The molecule has 0 spiro atoms. The van der Waals surface area contributed by atoms with E-state index in [9.17, 15) is 4.79 Å². The van der Waals surface area contributed by atoms with Gasteiger partial charge in [0, 0.05) is 30.0 Å². The summed E-state index contributed by atoms with van der Waals surface area (Å²) in [4.78, 5) is 20.8. The van der Waals surface area contributed by atoms with Gasteiger partial charge in [0.05, 0.1) is 11.8 Å². The molecule has 3 heterocycles. The van der Waals surface area contributed by atoms with Crippen molar-refractivity contribution in [1.82, 2.24) is 9.88 Å². The number of halogens is 1. The van der Waals surface area contributed by atoms with Gasteiger partial charge in [-0.15, -0.1) is 11.3 Å². The molecule has 0 radical (unpaired) electrons. The molecule has 0 aliphatic carbocycles. The van der Waals surface area contributed by atoms with E-state index in [2.05, 4.69) is 4.98 Å². The van der Waals surface area contributed by atoms with Gasteiger partial charge in [-0.3, -0.25) is 4.79 Å². The zero-order valence-corrected chi connectivity index (χ0v) is 18.8. The number of benzene rings is 1. The average Bonchev–Trinajstić information content (AvgIpc) is 3.47. The molecule has 156 valence electrons. The van der Waals surface area contributed by atoms with E-state index in [-0.39, 0.29) is 18.1 Å². The van der Waals surface area contributed by atoms with Crippen molar-refractivity contribution in [3.8, 4) is 5.75 Å². The number of aryl methyl sites for hydroxylation is 1. The van der Waals surface area contributed by atoms with Crippen molar-refractivity contribution in [1.29, 1.82) is 0 Å². The van der Waals surface area contributed by atoms with Gasteiger partial charge < -0.3 is 14.4 Å². The fraction of sp³-hybridized carbons (Fsp3) is 0.524. The average molecular weight is 453 g/mol. The third-order valence-corrected chi connectivity index (χ3v) is 7.76. The molecule has 0 N–H and O–H groups in total. The highest BCUT2D eigenvalue weighted by molar-refractivity contribution is 7.99. The van der Waals surface area contributed by atoms with Crippen molar-refractivity contribution in [3.05, 3.63) is 44.9 Å². The van der Waals surface area contributed by atoms with E-state index in [0.717, 1.165) is 58.7 Å². The van der Waals surface area contributed by atoms with E-state index < -0.39 is 0 Å². The topological polar surface area (TPSA) is 51.7 Å². The van der Waals surface area contributed by atoms with Gasteiger partial charge in [0.25, 0.3) is 5.91 Å². The Morgan fingerprint density at radius 1 is 1.34 bits per heavy atom. The molecule has 1 amide bonds. The fourth-order valence-electron chi connectivity index (χ4n) is 3.69. The number of ether oxygens (including phenoxy) is 2. The minimum Gasteiger partial charge on any atom is -0.486 e. The maximum Gasteiger partial charge on any atom is 0.266 e. The molecule has 2 fully saturated rings. The lowest BCUT2D eigenvalue weighted by Gasteiger charge is -2.30. The molecule has 4 rings (SSSR count). The lowest BCUT2D eigenvalue weighted by Crippen LogP contribution is -2.44. The minimum atomic E-state index is 0.0840. The summed E-state index contributed by atoms with van der Waals surface area (Å²) in [6.45, 7) is 3.73. The van der Waals surface area contributed by atoms with Gasteiger partial charge in [-0.2, -0.15) is 11.8 Å². The molecule has 2 unspecified atom stereocenters. The number of thiazole rings is 1. The van der Waals surface area contributed by atoms with Crippen LogP contribution in [0.1, 0.15) is 39.6 Å². The standard InChI is InChI=1S/C21H25ClN2O3S2/c1-14-20(29-19(23-14)12-27-17-6-4-15(22)5-7-17)21(25)24(16-8-10-28-13-16)11-18-3-2-9-26-18/h4-7,16,18H,2-3,8-13H2,1H3. The molecule has 2 saturated heterocycles. The highest BCUT2D eigenvalue weighted by Gasteiger charge is 2.33. The van der Waals surface area contributed by atoms with Crippen LogP contribution < -0.4 is 4.74 Å². The Balaban J connectivity index is 1.46. The smallest absolute Gasteiger partial charge is 0.266 e. The van der Waals surface area contributed by atoms with Crippen LogP contribution in [0.5, 0.6) is 5.75 Å². The molecule has 2 atom stereocenters. The van der Waals surface area contributed by atoms with E-state index in [1.165, 1.54) is 11.3 Å². The molecule has 0 saturated carbocycles. The van der Waals surface area contributed by atoms with E-state index in [4.69, 9.17) is 21.1 Å². The highest BCUT2D eigenvalue weighted by Crippen LogP contribution is 2.29. The summed E-state index contributed by atoms with van der Waals surface area (Å²) in [6, 6.07) is 7.53. The second-order valence-electron chi connectivity index (χ2n) is 7.37.